The molecule has 0 bridgehead atoms. The van der Waals surface area contributed by atoms with Crippen LogP contribution in [-0.4, -0.2) is 32.8 Å². The number of benzene rings is 1. The number of anilines is 1. The highest BCUT2D eigenvalue weighted by atomic mass is 16.5. The minimum Gasteiger partial charge on any atom is -0.491 e. The molecule has 0 aromatic heterocycles. The van der Waals surface area contributed by atoms with Gasteiger partial charge in [-0.2, -0.15) is 0 Å². The molecule has 0 aliphatic heterocycles. The molecule has 0 unspecified atom stereocenters. The van der Waals surface area contributed by atoms with E-state index in [2.05, 4.69) is 14.8 Å². The lowest BCUT2D eigenvalue weighted by Crippen LogP contribution is -2.16. The van der Waals surface area contributed by atoms with Crippen molar-refractivity contribution in [2.45, 2.75) is 13.3 Å². The Hall–Kier alpha value is -2.50. The summed E-state index contributed by atoms with van der Waals surface area (Å²) in [6, 6.07) is 7.11. The molecule has 1 N–H and O–H groups in total. The lowest BCUT2D eigenvalue weighted by atomic mass is 10.2. The Morgan fingerprint density at radius 2 is 1.90 bits per heavy atom. The van der Waals surface area contributed by atoms with Crippen molar-refractivity contribution in [3.63, 3.8) is 0 Å². The molecule has 0 radical (unpaired) electrons. The average molecular weight is 293 g/mol. The van der Waals surface area contributed by atoms with Gasteiger partial charge in [-0.25, -0.2) is 9.59 Å². The van der Waals surface area contributed by atoms with Gasteiger partial charge in [0.2, 0.25) is 0 Å². The monoisotopic (exact) mass is 293 g/mol. The Labute approximate surface area is 123 Å². The molecule has 6 heteroatoms. The minimum atomic E-state index is -0.675. The van der Waals surface area contributed by atoms with Crippen molar-refractivity contribution in [3.05, 3.63) is 36.0 Å². The van der Waals surface area contributed by atoms with Crippen LogP contribution in [0.2, 0.25) is 0 Å². The highest BCUT2D eigenvalue weighted by Gasteiger charge is 2.14. The summed E-state index contributed by atoms with van der Waals surface area (Å²) in [5, 5.41) is 2.83. The largest absolute Gasteiger partial charge is 0.491 e. The zero-order valence-electron chi connectivity index (χ0n) is 12.3. The van der Waals surface area contributed by atoms with E-state index in [0.29, 0.717) is 18.0 Å². The number of esters is 2. The molecule has 1 aromatic carbocycles. The normalized spacial score (nSPS) is 10.7. The number of carbonyl (C=O) groups excluding carboxylic acids is 2. The number of ether oxygens (including phenoxy) is 3. The summed E-state index contributed by atoms with van der Waals surface area (Å²) in [5.41, 5.74) is 0.531. The highest BCUT2D eigenvalue weighted by Crippen LogP contribution is 2.25. The summed E-state index contributed by atoms with van der Waals surface area (Å²) in [6.07, 6.45) is 1.89. The summed E-state index contributed by atoms with van der Waals surface area (Å²) >= 11 is 0. The number of hydrogen-bond acceptors (Lipinski definition) is 6. The van der Waals surface area contributed by atoms with Gasteiger partial charge >= 0.3 is 11.9 Å². The van der Waals surface area contributed by atoms with Crippen molar-refractivity contribution >= 4 is 17.6 Å². The second kappa shape index (κ2) is 8.63. The topological polar surface area (TPSA) is 73.9 Å². The maximum absolute atomic E-state index is 11.7. The van der Waals surface area contributed by atoms with Crippen LogP contribution in [0.25, 0.3) is 0 Å². The third-order valence-electron chi connectivity index (χ3n) is 2.49. The van der Waals surface area contributed by atoms with Crippen molar-refractivity contribution in [2.24, 2.45) is 0 Å². The van der Waals surface area contributed by atoms with Gasteiger partial charge in [0.05, 0.1) is 32.6 Å². The third-order valence-corrected chi connectivity index (χ3v) is 2.49. The molecule has 0 fully saturated rings. The summed E-state index contributed by atoms with van der Waals surface area (Å²) < 4.78 is 14.7. The summed E-state index contributed by atoms with van der Waals surface area (Å²) in [5.74, 6) is -0.750. The quantitative estimate of drug-likeness (QED) is 0.613. The van der Waals surface area contributed by atoms with E-state index < -0.39 is 11.9 Å². The van der Waals surface area contributed by atoms with Crippen LogP contribution in [-0.2, 0) is 19.1 Å². The van der Waals surface area contributed by atoms with E-state index in [0.717, 1.165) is 12.5 Å². The molecule has 0 aliphatic carbocycles. The number of para-hydroxylation sites is 2. The lowest BCUT2D eigenvalue weighted by molar-refractivity contribution is -0.138. The highest BCUT2D eigenvalue weighted by molar-refractivity contribution is 5.99. The Morgan fingerprint density at radius 1 is 1.19 bits per heavy atom. The van der Waals surface area contributed by atoms with E-state index in [1.54, 1.807) is 18.2 Å². The minimum absolute atomic E-state index is 0.0306. The predicted octanol–water partition coefficient (Wildman–Crippen LogP) is 2.12. The predicted molar refractivity (Wildman–Crippen MR) is 78.0 cm³/mol. The van der Waals surface area contributed by atoms with Crippen LogP contribution in [0.15, 0.2) is 36.0 Å². The maximum Gasteiger partial charge on any atom is 0.354 e. The van der Waals surface area contributed by atoms with Crippen LogP contribution >= 0.6 is 0 Å². The zero-order valence-corrected chi connectivity index (χ0v) is 12.3. The van der Waals surface area contributed by atoms with Gasteiger partial charge in [0, 0.05) is 0 Å². The Kier molecular flexibility index (Phi) is 6.80. The van der Waals surface area contributed by atoms with Crippen molar-refractivity contribution in [3.8, 4) is 5.75 Å². The molecular formula is C15H19NO5. The molecule has 1 rings (SSSR count). The molecule has 0 saturated heterocycles. The summed E-state index contributed by atoms with van der Waals surface area (Å²) in [4.78, 5) is 23.0. The van der Waals surface area contributed by atoms with Crippen LogP contribution in [0.3, 0.4) is 0 Å². The fourth-order valence-corrected chi connectivity index (χ4v) is 1.49. The van der Waals surface area contributed by atoms with Crippen LogP contribution in [0.5, 0.6) is 5.75 Å². The van der Waals surface area contributed by atoms with E-state index in [-0.39, 0.29) is 5.70 Å². The first kappa shape index (κ1) is 16.6. The second-order valence-corrected chi connectivity index (χ2v) is 4.04. The summed E-state index contributed by atoms with van der Waals surface area (Å²) in [7, 11) is 2.46. The first-order valence-electron chi connectivity index (χ1n) is 6.49. The molecule has 6 nitrogen and oxygen atoms in total. The smallest absolute Gasteiger partial charge is 0.354 e. The molecule has 114 valence electrons. The number of nitrogens with one attached hydrogen (secondary N) is 1. The molecule has 0 atom stereocenters. The first-order chi connectivity index (χ1) is 10.1. The molecular weight excluding hydrogens is 274 g/mol. The Morgan fingerprint density at radius 3 is 2.52 bits per heavy atom. The molecule has 0 saturated carbocycles. The Balaban J connectivity index is 3.01. The van der Waals surface area contributed by atoms with Crippen molar-refractivity contribution < 1.29 is 23.8 Å². The van der Waals surface area contributed by atoms with Gasteiger partial charge < -0.3 is 19.5 Å². The van der Waals surface area contributed by atoms with Crippen LogP contribution in [0.1, 0.15) is 13.3 Å². The number of carbonyl (C=O) groups is 2. The molecule has 0 heterocycles. The van der Waals surface area contributed by atoms with E-state index in [1.165, 1.54) is 14.2 Å². The number of hydrogen-bond donors (Lipinski definition) is 1. The van der Waals surface area contributed by atoms with Gasteiger partial charge in [-0.3, -0.25) is 0 Å². The van der Waals surface area contributed by atoms with Gasteiger partial charge in [0.1, 0.15) is 11.4 Å². The molecule has 21 heavy (non-hydrogen) atoms. The third kappa shape index (κ3) is 5.18. The SMILES string of the molecule is CCCOc1ccccc1N/C(=C/C(=O)OC)C(=O)OC. The van der Waals surface area contributed by atoms with Gasteiger partial charge in [-0.15, -0.1) is 0 Å². The maximum atomic E-state index is 11.7. The van der Waals surface area contributed by atoms with Crippen LogP contribution in [0.4, 0.5) is 5.69 Å². The van der Waals surface area contributed by atoms with Crippen molar-refractivity contribution in [1.82, 2.24) is 0 Å². The van der Waals surface area contributed by atoms with Crippen LogP contribution < -0.4 is 10.1 Å². The first-order valence-corrected chi connectivity index (χ1v) is 6.49. The van der Waals surface area contributed by atoms with Crippen molar-refractivity contribution in [1.29, 1.82) is 0 Å². The van der Waals surface area contributed by atoms with Gasteiger partial charge in [-0.05, 0) is 18.6 Å². The second-order valence-electron chi connectivity index (χ2n) is 4.04. The Bertz CT molecular complexity index is 525. The standard InChI is InChI=1S/C15H19NO5/c1-4-9-21-13-8-6-5-7-11(13)16-12(15(18)20-3)10-14(17)19-2/h5-8,10,16H,4,9H2,1-3H3/b12-10+. The molecule has 0 amide bonds. The van der Waals surface area contributed by atoms with Gasteiger partial charge in [0.25, 0.3) is 0 Å². The fourth-order valence-electron chi connectivity index (χ4n) is 1.49. The molecule has 0 spiro atoms. The van der Waals surface area contributed by atoms with E-state index >= 15 is 0 Å². The molecule has 0 aliphatic rings. The van der Waals surface area contributed by atoms with Gasteiger partial charge in [0.15, 0.2) is 0 Å². The average Bonchev–Trinajstić information content (AvgIpc) is 2.52. The zero-order chi connectivity index (χ0) is 15.7. The molecule has 1 aromatic rings. The van der Waals surface area contributed by atoms with E-state index in [4.69, 9.17) is 4.74 Å². The lowest BCUT2D eigenvalue weighted by Gasteiger charge is -2.13. The van der Waals surface area contributed by atoms with Gasteiger partial charge in [-0.1, -0.05) is 19.1 Å². The van der Waals surface area contributed by atoms with E-state index in [9.17, 15) is 9.59 Å². The summed E-state index contributed by atoms with van der Waals surface area (Å²) in [6.45, 7) is 2.54. The fraction of sp³-hybridized carbons (Fsp3) is 0.333. The van der Waals surface area contributed by atoms with E-state index in [1.807, 2.05) is 13.0 Å². The number of methoxy groups -OCH3 is 2. The van der Waals surface area contributed by atoms with Crippen LogP contribution in [0, 0.1) is 0 Å². The number of rotatable bonds is 7. The van der Waals surface area contributed by atoms with Crippen molar-refractivity contribution in [2.75, 3.05) is 26.1 Å².